The lowest BCUT2D eigenvalue weighted by Gasteiger charge is -2.05. The van der Waals surface area contributed by atoms with Crippen LogP contribution in [0.2, 0.25) is 0 Å². The van der Waals surface area contributed by atoms with Gasteiger partial charge >= 0.3 is 5.97 Å². The van der Waals surface area contributed by atoms with Crippen molar-refractivity contribution >= 4 is 11.9 Å². The summed E-state index contributed by atoms with van der Waals surface area (Å²) in [6.45, 7) is 1.53. The minimum Gasteiger partial charge on any atom is -0.480 e. The lowest BCUT2D eigenvalue weighted by molar-refractivity contribution is -0.135. The van der Waals surface area contributed by atoms with Gasteiger partial charge in [-0.2, -0.15) is 0 Å². The number of aryl methyl sites for hydroxylation is 1. The minimum atomic E-state index is -1.13. The molecule has 0 spiro atoms. The maximum absolute atomic E-state index is 12.1. The molecule has 166 valence electrons. The molecule has 0 aliphatic heterocycles. The Morgan fingerprint density at radius 1 is 0.970 bits per heavy atom. The molecule has 0 aliphatic carbocycles. The zero-order valence-corrected chi connectivity index (χ0v) is 18.0. The molecule has 0 bridgehead atoms. The van der Waals surface area contributed by atoms with Crippen LogP contribution in [0, 0.1) is 19.8 Å². The van der Waals surface area contributed by atoms with Crippen LogP contribution in [0.4, 0.5) is 0 Å². The number of hydrogen-bond acceptors (Lipinski definition) is 5. The summed E-state index contributed by atoms with van der Waals surface area (Å²) < 4.78 is 1.56. The second-order valence-electron chi connectivity index (χ2n) is 6.48. The van der Waals surface area contributed by atoms with Crippen molar-refractivity contribution in [2.24, 2.45) is 0 Å². The first-order chi connectivity index (χ1) is 16.0. The molecule has 0 fully saturated rings. The van der Waals surface area contributed by atoms with Crippen molar-refractivity contribution in [3.05, 3.63) is 96.6 Å². The second kappa shape index (κ2) is 12.8. The van der Waals surface area contributed by atoms with Crippen LogP contribution >= 0.6 is 0 Å². The number of carbonyl (C=O) groups excluding carboxylic acids is 1. The Morgan fingerprint density at radius 3 is 2.12 bits per heavy atom. The molecule has 2 N–H and O–H groups in total. The average Bonchev–Trinajstić information content (AvgIpc) is 3.31. The van der Waals surface area contributed by atoms with Crippen molar-refractivity contribution in [2.75, 3.05) is 6.54 Å². The molecule has 8 heteroatoms. The Kier molecular flexibility index (Phi) is 9.52. The molecule has 8 nitrogen and oxygen atoms in total. The molecule has 4 rings (SSSR count). The number of amides is 1. The number of hydrogen-bond donors (Lipinski definition) is 2. The standard InChI is InChI=1S/C17H14N4O3.C6H7N.C2H2/c22-14(23)11-18-17(24)15-19-16(12-7-3-1-4-8-12)21(20-15)13-9-5-2-6-10-13;1-6-3-2-4-7-5-6;1-2/h1-10H,11H2,(H,18,24)(H,22,23);2-5H,1H3;1-2H. The van der Waals surface area contributed by atoms with Gasteiger partial charge < -0.3 is 10.4 Å². The van der Waals surface area contributed by atoms with Gasteiger partial charge in [0.15, 0.2) is 5.82 Å². The number of aromatic nitrogens is 4. The Bertz CT molecular complexity index is 1120. The van der Waals surface area contributed by atoms with Crippen LogP contribution in [-0.4, -0.2) is 43.3 Å². The van der Waals surface area contributed by atoms with Crippen LogP contribution in [0.25, 0.3) is 17.1 Å². The van der Waals surface area contributed by atoms with E-state index in [1.54, 1.807) is 10.9 Å². The summed E-state index contributed by atoms with van der Waals surface area (Å²) >= 11 is 0. The lowest BCUT2D eigenvalue weighted by atomic mass is 10.2. The average molecular weight is 441 g/mol. The third-order valence-corrected chi connectivity index (χ3v) is 4.05. The fourth-order valence-electron chi connectivity index (χ4n) is 2.61. The number of terminal acetylenes is 1. The van der Waals surface area contributed by atoms with Gasteiger partial charge in [-0.3, -0.25) is 14.6 Å². The first-order valence-electron chi connectivity index (χ1n) is 9.82. The Balaban J connectivity index is 0.000000362. The van der Waals surface area contributed by atoms with Gasteiger partial charge in [-0.1, -0.05) is 54.6 Å². The molecule has 33 heavy (non-hydrogen) atoms. The summed E-state index contributed by atoms with van der Waals surface area (Å²) in [6.07, 6.45) is 11.6. The highest BCUT2D eigenvalue weighted by Gasteiger charge is 2.18. The molecular weight excluding hydrogens is 418 g/mol. The maximum atomic E-state index is 12.1. The van der Waals surface area contributed by atoms with Crippen molar-refractivity contribution in [1.82, 2.24) is 25.1 Å². The van der Waals surface area contributed by atoms with Gasteiger partial charge in [0.25, 0.3) is 5.91 Å². The van der Waals surface area contributed by atoms with Crippen molar-refractivity contribution in [3.63, 3.8) is 0 Å². The fourth-order valence-corrected chi connectivity index (χ4v) is 2.61. The van der Waals surface area contributed by atoms with Gasteiger partial charge in [0.1, 0.15) is 6.54 Å². The van der Waals surface area contributed by atoms with Gasteiger partial charge in [-0.05, 0) is 30.7 Å². The molecule has 0 saturated carbocycles. The number of aliphatic carboxylic acids is 1. The van der Waals surface area contributed by atoms with E-state index in [2.05, 4.69) is 33.2 Å². The number of para-hydroxylation sites is 1. The first kappa shape index (κ1) is 24.5. The topological polar surface area (TPSA) is 110 Å². The van der Waals surface area contributed by atoms with E-state index in [-0.39, 0.29) is 5.82 Å². The Morgan fingerprint density at radius 2 is 1.61 bits per heavy atom. The molecule has 0 atom stereocenters. The number of carboxylic acids is 1. The second-order valence-corrected chi connectivity index (χ2v) is 6.48. The van der Waals surface area contributed by atoms with Crippen molar-refractivity contribution in [1.29, 1.82) is 0 Å². The predicted octanol–water partition coefficient (Wildman–Crippen LogP) is 3.39. The SMILES string of the molecule is C#C.Cc1cccnc1.O=C(O)CNC(=O)c1nc(-c2ccccc2)n(-c2ccccc2)n1. The van der Waals surface area contributed by atoms with E-state index in [9.17, 15) is 9.59 Å². The third kappa shape index (κ3) is 7.45. The molecule has 0 unspecified atom stereocenters. The molecule has 0 aliphatic rings. The summed E-state index contributed by atoms with van der Waals surface area (Å²) in [7, 11) is 0. The predicted molar refractivity (Wildman–Crippen MR) is 126 cm³/mol. The zero-order valence-electron chi connectivity index (χ0n) is 18.0. The number of pyridine rings is 1. The number of carbonyl (C=O) groups is 2. The number of carboxylic acid groups (broad SMARTS) is 1. The quantitative estimate of drug-likeness (QED) is 0.460. The molecule has 2 heterocycles. The summed E-state index contributed by atoms with van der Waals surface area (Å²) in [5.74, 6) is -1.35. The van der Waals surface area contributed by atoms with E-state index in [0.29, 0.717) is 5.82 Å². The van der Waals surface area contributed by atoms with Gasteiger partial charge in [-0.25, -0.2) is 9.67 Å². The highest BCUT2D eigenvalue weighted by molar-refractivity contribution is 5.92. The molecule has 1 amide bonds. The van der Waals surface area contributed by atoms with E-state index in [1.807, 2.05) is 85.9 Å². The number of nitrogens with one attached hydrogen (secondary N) is 1. The third-order valence-electron chi connectivity index (χ3n) is 4.05. The smallest absolute Gasteiger partial charge is 0.322 e. The van der Waals surface area contributed by atoms with E-state index in [0.717, 1.165) is 11.3 Å². The monoisotopic (exact) mass is 441 g/mol. The number of benzene rings is 2. The molecule has 0 saturated heterocycles. The van der Waals surface area contributed by atoms with Gasteiger partial charge in [0.2, 0.25) is 5.82 Å². The van der Waals surface area contributed by atoms with Crippen LogP contribution < -0.4 is 5.32 Å². The van der Waals surface area contributed by atoms with E-state index >= 15 is 0 Å². The summed E-state index contributed by atoms with van der Waals surface area (Å²) in [6, 6.07) is 22.6. The zero-order chi connectivity index (χ0) is 24.1. The van der Waals surface area contributed by atoms with Crippen molar-refractivity contribution in [3.8, 4) is 29.9 Å². The number of nitrogens with zero attached hydrogens (tertiary/aromatic N) is 4. The summed E-state index contributed by atoms with van der Waals surface area (Å²) in [4.78, 5) is 30.8. The highest BCUT2D eigenvalue weighted by Crippen LogP contribution is 2.20. The molecular formula is C25H23N5O3. The normalized spacial score (nSPS) is 9.42. The lowest BCUT2D eigenvalue weighted by Crippen LogP contribution is -2.30. The number of rotatable bonds is 5. The fraction of sp³-hybridized carbons (Fsp3) is 0.0800. The van der Waals surface area contributed by atoms with Crippen molar-refractivity contribution < 1.29 is 14.7 Å². The van der Waals surface area contributed by atoms with Gasteiger partial charge in [-0.15, -0.1) is 17.9 Å². The van der Waals surface area contributed by atoms with E-state index in [4.69, 9.17) is 5.11 Å². The first-order valence-corrected chi connectivity index (χ1v) is 9.82. The molecule has 2 aromatic heterocycles. The summed E-state index contributed by atoms with van der Waals surface area (Å²) in [5.41, 5.74) is 2.76. The molecule has 4 aromatic rings. The maximum Gasteiger partial charge on any atom is 0.322 e. The van der Waals surface area contributed by atoms with Crippen molar-refractivity contribution in [2.45, 2.75) is 6.92 Å². The van der Waals surface area contributed by atoms with E-state index < -0.39 is 18.4 Å². The van der Waals surface area contributed by atoms with E-state index in [1.165, 1.54) is 5.56 Å². The molecule has 0 radical (unpaired) electrons. The summed E-state index contributed by atoms with van der Waals surface area (Å²) in [5, 5.41) is 15.2. The Labute approximate surface area is 192 Å². The Hall–Kier alpha value is -4.77. The van der Waals surface area contributed by atoms with Gasteiger partial charge in [0.05, 0.1) is 5.69 Å². The molecule has 2 aromatic carbocycles. The van der Waals surface area contributed by atoms with Crippen LogP contribution in [-0.2, 0) is 4.79 Å². The van der Waals surface area contributed by atoms with Crippen LogP contribution in [0.1, 0.15) is 16.2 Å². The minimum absolute atomic E-state index is 0.0843. The van der Waals surface area contributed by atoms with Gasteiger partial charge in [0, 0.05) is 18.0 Å². The van der Waals surface area contributed by atoms with Crippen LogP contribution in [0.3, 0.4) is 0 Å². The highest BCUT2D eigenvalue weighted by atomic mass is 16.4. The van der Waals surface area contributed by atoms with Crippen LogP contribution in [0.15, 0.2) is 85.2 Å². The van der Waals surface area contributed by atoms with Crippen LogP contribution in [0.5, 0.6) is 0 Å². The largest absolute Gasteiger partial charge is 0.480 e.